The normalized spacial score (nSPS) is 14.8. The number of fused-ring (bicyclic) bond motifs is 3. The number of nitrogens with zero attached hydrogens (tertiary/aromatic N) is 2. The molecule has 1 aromatic heterocycles. The lowest BCUT2D eigenvalue weighted by Crippen LogP contribution is -2.40. The second-order valence-electron chi connectivity index (χ2n) is 11.0. The summed E-state index contributed by atoms with van der Waals surface area (Å²) in [6, 6.07) is 33.5. The van der Waals surface area contributed by atoms with Crippen LogP contribution in [0.15, 0.2) is 129 Å². The van der Waals surface area contributed by atoms with E-state index in [1.165, 1.54) is 16.7 Å². The molecule has 2 heterocycles. The van der Waals surface area contributed by atoms with Gasteiger partial charge in [-0.1, -0.05) is 102 Å². The van der Waals surface area contributed by atoms with Gasteiger partial charge in [0.2, 0.25) is 0 Å². The fourth-order valence-electron chi connectivity index (χ4n) is 6.02. The van der Waals surface area contributed by atoms with Crippen molar-refractivity contribution in [1.82, 2.24) is 4.57 Å². The van der Waals surface area contributed by atoms with Crippen LogP contribution < -0.4 is 19.6 Å². The summed E-state index contributed by atoms with van der Waals surface area (Å²) >= 11 is 4.97. The van der Waals surface area contributed by atoms with Crippen LogP contribution in [-0.4, -0.2) is 17.1 Å². The molecule has 0 saturated heterocycles. The maximum atomic E-state index is 14.2. The van der Waals surface area contributed by atoms with Gasteiger partial charge in [0.25, 0.3) is 5.56 Å². The predicted octanol–water partition coefficient (Wildman–Crippen LogP) is 7.45. The van der Waals surface area contributed by atoms with E-state index in [1.54, 1.807) is 18.4 Å². The molecule has 0 spiro atoms. The first-order valence-electron chi connectivity index (χ1n) is 15.0. The van der Waals surface area contributed by atoms with E-state index >= 15 is 0 Å². The van der Waals surface area contributed by atoms with Gasteiger partial charge in [-0.25, -0.2) is 9.79 Å². The third kappa shape index (κ3) is 5.48. The van der Waals surface area contributed by atoms with E-state index in [1.807, 2.05) is 84.9 Å². The van der Waals surface area contributed by atoms with E-state index in [-0.39, 0.29) is 12.2 Å². The molecule has 0 amide bonds. The third-order valence-electron chi connectivity index (χ3n) is 8.15. The van der Waals surface area contributed by atoms with E-state index in [2.05, 4.69) is 40.2 Å². The molecule has 0 N–H and O–H groups in total. The highest BCUT2D eigenvalue weighted by Gasteiger charge is 2.34. The van der Waals surface area contributed by atoms with Gasteiger partial charge in [0.05, 0.1) is 32.9 Å². The fourth-order valence-corrected chi connectivity index (χ4v) is 7.58. The molecular weight excluding hydrogens is 660 g/mol. The topological polar surface area (TPSA) is 69.9 Å². The minimum Gasteiger partial charge on any atom is -0.488 e. The molecule has 0 fully saturated rings. The quantitative estimate of drug-likeness (QED) is 0.164. The maximum Gasteiger partial charge on any atom is 0.338 e. The van der Waals surface area contributed by atoms with Crippen LogP contribution in [0.5, 0.6) is 5.75 Å². The summed E-state index contributed by atoms with van der Waals surface area (Å²) in [5.41, 5.74) is 3.47. The molecule has 5 aromatic carbocycles. The maximum absolute atomic E-state index is 14.2. The van der Waals surface area contributed by atoms with E-state index < -0.39 is 12.0 Å². The number of hydrogen-bond acceptors (Lipinski definition) is 6. The van der Waals surface area contributed by atoms with E-state index in [4.69, 9.17) is 14.5 Å². The molecule has 7 rings (SSSR count). The molecule has 1 atom stereocenters. The van der Waals surface area contributed by atoms with Crippen LogP contribution in [0, 0.1) is 0 Å². The number of rotatable bonds is 7. The number of esters is 1. The molecule has 6 nitrogen and oxygen atoms in total. The number of thiazole rings is 1. The SMILES string of the molecule is CCOC(=O)C1=C(C)N=c2s/c(=C/c3ccc(OCc4cccc5ccccc45)c(Br)c3)c(=O)n2[C@@H]1c1cccc2ccccc12. The van der Waals surface area contributed by atoms with E-state index in [0.29, 0.717) is 33.0 Å². The van der Waals surface area contributed by atoms with Crippen molar-refractivity contribution in [3.63, 3.8) is 0 Å². The van der Waals surface area contributed by atoms with E-state index in [9.17, 15) is 9.59 Å². The zero-order chi connectivity index (χ0) is 31.8. The molecule has 228 valence electrons. The first kappa shape index (κ1) is 29.9. The number of hydrogen-bond donors (Lipinski definition) is 0. The Kier molecular flexibility index (Phi) is 8.15. The average Bonchev–Trinajstić information content (AvgIpc) is 3.37. The molecule has 1 aliphatic rings. The summed E-state index contributed by atoms with van der Waals surface area (Å²) in [5, 5.41) is 4.32. The number of ether oxygens (including phenoxy) is 2. The van der Waals surface area contributed by atoms with Gasteiger partial charge in [-0.05, 0) is 86.2 Å². The van der Waals surface area contributed by atoms with Crippen LogP contribution in [0.1, 0.15) is 36.6 Å². The van der Waals surface area contributed by atoms with Crippen LogP contribution in [0.2, 0.25) is 0 Å². The van der Waals surface area contributed by atoms with Crippen LogP contribution in [0.4, 0.5) is 0 Å². The standard InChI is InChI=1S/C38H29BrN2O4S/c1-3-44-37(43)34-23(2)40-38-41(35(34)30-17-9-13-26-11-5-7-16-29(26)30)36(42)33(46-38)21-24-18-19-32(31(39)20-24)45-22-27-14-8-12-25-10-4-6-15-28(25)27/h4-21,35H,3,22H2,1-2H3/b33-21+/t35-/m1/s1. The molecule has 0 aliphatic carbocycles. The number of aromatic nitrogens is 1. The Bertz CT molecular complexity index is 2360. The number of benzene rings is 5. The Labute approximate surface area is 277 Å². The summed E-state index contributed by atoms with van der Waals surface area (Å²) in [6.45, 7) is 4.22. The van der Waals surface area contributed by atoms with Crippen molar-refractivity contribution >= 4 is 60.9 Å². The first-order chi connectivity index (χ1) is 22.4. The largest absolute Gasteiger partial charge is 0.488 e. The van der Waals surface area contributed by atoms with Gasteiger partial charge >= 0.3 is 5.97 Å². The molecule has 6 aromatic rings. The first-order valence-corrected chi connectivity index (χ1v) is 16.6. The van der Waals surface area contributed by atoms with Crippen molar-refractivity contribution in [3.8, 4) is 5.75 Å². The van der Waals surface area contributed by atoms with Crippen LogP contribution >= 0.6 is 27.3 Å². The smallest absolute Gasteiger partial charge is 0.338 e. The lowest BCUT2D eigenvalue weighted by molar-refractivity contribution is -0.139. The number of carbonyl (C=O) groups is 1. The Hall–Kier alpha value is -4.79. The van der Waals surface area contributed by atoms with Crippen LogP contribution in [0.25, 0.3) is 27.6 Å². The minimum absolute atomic E-state index is 0.219. The van der Waals surface area contributed by atoms with Gasteiger partial charge in [0.15, 0.2) is 4.80 Å². The van der Waals surface area contributed by atoms with Crippen molar-refractivity contribution in [2.45, 2.75) is 26.5 Å². The third-order valence-corrected chi connectivity index (χ3v) is 9.75. The number of allylic oxidation sites excluding steroid dienone is 1. The summed E-state index contributed by atoms with van der Waals surface area (Å²) in [6.07, 6.45) is 1.85. The van der Waals surface area contributed by atoms with Gasteiger partial charge in [0, 0.05) is 0 Å². The Balaban J connectivity index is 1.27. The second-order valence-corrected chi connectivity index (χ2v) is 12.9. The monoisotopic (exact) mass is 688 g/mol. The van der Waals surface area contributed by atoms with Crippen molar-refractivity contribution in [3.05, 3.63) is 155 Å². The van der Waals surface area contributed by atoms with Gasteiger partial charge in [-0.3, -0.25) is 9.36 Å². The number of halogens is 1. The molecular formula is C38H29BrN2O4S. The van der Waals surface area contributed by atoms with Gasteiger partial charge in [-0.2, -0.15) is 0 Å². The average molecular weight is 690 g/mol. The molecule has 8 heteroatoms. The van der Waals surface area contributed by atoms with Gasteiger partial charge in [0.1, 0.15) is 12.4 Å². The highest BCUT2D eigenvalue weighted by molar-refractivity contribution is 9.10. The predicted molar refractivity (Wildman–Crippen MR) is 187 cm³/mol. The lowest BCUT2D eigenvalue weighted by Gasteiger charge is -2.25. The van der Waals surface area contributed by atoms with E-state index in [0.717, 1.165) is 37.3 Å². The van der Waals surface area contributed by atoms with Crippen molar-refractivity contribution < 1.29 is 14.3 Å². The summed E-state index contributed by atoms with van der Waals surface area (Å²) < 4.78 is 14.6. The minimum atomic E-state index is -0.680. The van der Waals surface area contributed by atoms with Gasteiger partial charge < -0.3 is 9.47 Å². The highest BCUT2D eigenvalue weighted by atomic mass is 79.9. The van der Waals surface area contributed by atoms with Crippen molar-refractivity contribution in [2.24, 2.45) is 4.99 Å². The second kappa shape index (κ2) is 12.5. The fraction of sp³-hybridized carbons (Fsp3) is 0.132. The molecule has 0 saturated carbocycles. The van der Waals surface area contributed by atoms with Crippen LogP contribution in [0.3, 0.4) is 0 Å². The summed E-state index contributed by atoms with van der Waals surface area (Å²) in [4.78, 5) is 32.8. The van der Waals surface area contributed by atoms with Crippen molar-refractivity contribution in [1.29, 1.82) is 0 Å². The molecule has 1 aliphatic heterocycles. The van der Waals surface area contributed by atoms with Crippen molar-refractivity contribution in [2.75, 3.05) is 6.61 Å². The molecule has 0 bridgehead atoms. The van der Waals surface area contributed by atoms with Gasteiger partial charge in [-0.15, -0.1) is 0 Å². The summed E-state index contributed by atoms with van der Waals surface area (Å²) in [7, 11) is 0. The zero-order valence-electron chi connectivity index (χ0n) is 25.2. The highest BCUT2D eigenvalue weighted by Crippen LogP contribution is 2.35. The zero-order valence-corrected chi connectivity index (χ0v) is 27.6. The summed E-state index contributed by atoms with van der Waals surface area (Å²) in [5.74, 6) is 0.233. The number of carbonyl (C=O) groups excluding carboxylic acids is 1. The molecule has 0 unspecified atom stereocenters. The Morgan fingerprint density at radius 2 is 1.63 bits per heavy atom. The molecule has 46 heavy (non-hydrogen) atoms. The molecule has 0 radical (unpaired) electrons. The van der Waals surface area contributed by atoms with Crippen LogP contribution in [-0.2, 0) is 16.1 Å². The Morgan fingerprint density at radius 3 is 2.39 bits per heavy atom. The lowest BCUT2D eigenvalue weighted by atomic mass is 9.91. The Morgan fingerprint density at radius 1 is 0.935 bits per heavy atom.